The lowest BCUT2D eigenvalue weighted by molar-refractivity contribution is -0.116. The lowest BCUT2D eigenvalue weighted by Gasteiger charge is -2.16. The molecule has 2 rings (SSSR count). The normalized spacial score (nSPS) is 11.9. The molecule has 0 spiro atoms. The molecule has 122 valence electrons. The van der Waals surface area contributed by atoms with Crippen LogP contribution in [0.3, 0.4) is 0 Å². The molecule has 2 aromatic rings. The summed E-state index contributed by atoms with van der Waals surface area (Å²) in [5, 5.41) is 5.18. The smallest absolute Gasteiger partial charge is 0.246 e. The molecule has 0 heterocycles. The van der Waals surface area contributed by atoms with Crippen molar-refractivity contribution in [2.24, 2.45) is 0 Å². The number of hydrogen-bond donors (Lipinski definition) is 2. The molecular formula is C16H14BrF3N2O. The van der Waals surface area contributed by atoms with Crippen molar-refractivity contribution in [1.29, 1.82) is 0 Å². The maximum atomic E-state index is 13.6. The fourth-order valence-corrected chi connectivity index (χ4v) is 2.16. The highest BCUT2D eigenvalue weighted by atomic mass is 79.9. The molecule has 0 bridgehead atoms. The van der Waals surface area contributed by atoms with Gasteiger partial charge in [-0.1, -0.05) is 15.9 Å². The summed E-state index contributed by atoms with van der Waals surface area (Å²) in [4.78, 5) is 12.1. The van der Waals surface area contributed by atoms with Crippen LogP contribution >= 0.6 is 15.9 Å². The van der Waals surface area contributed by atoms with E-state index in [0.717, 1.165) is 22.2 Å². The monoisotopic (exact) mass is 386 g/mol. The third-order valence-electron chi connectivity index (χ3n) is 3.23. The van der Waals surface area contributed by atoms with E-state index >= 15 is 0 Å². The first kappa shape index (κ1) is 17.3. The van der Waals surface area contributed by atoms with Gasteiger partial charge in [0.15, 0.2) is 17.5 Å². The molecule has 7 heteroatoms. The van der Waals surface area contributed by atoms with Crippen LogP contribution in [0, 0.1) is 24.4 Å². The summed E-state index contributed by atoms with van der Waals surface area (Å²) < 4.78 is 40.5. The summed E-state index contributed by atoms with van der Waals surface area (Å²) in [5.41, 5.74) is 1.28. The zero-order chi connectivity index (χ0) is 17.1. The van der Waals surface area contributed by atoms with Gasteiger partial charge in [-0.25, -0.2) is 13.2 Å². The Labute approximate surface area is 140 Å². The number of halogens is 4. The van der Waals surface area contributed by atoms with Gasteiger partial charge < -0.3 is 10.6 Å². The Bertz CT molecular complexity index is 752. The molecule has 0 unspecified atom stereocenters. The molecule has 23 heavy (non-hydrogen) atoms. The van der Waals surface area contributed by atoms with Crippen LogP contribution in [0.1, 0.15) is 12.5 Å². The largest absolute Gasteiger partial charge is 0.374 e. The Morgan fingerprint density at radius 3 is 2.48 bits per heavy atom. The highest BCUT2D eigenvalue weighted by Gasteiger charge is 2.18. The van der Waals surface area contributed by atoms with Crippen LogP contribution in [-0.4, -0.2) is 11.9 Å². The average molecular weight is 387 g/mol. The maximum absolute atomic E-state index is 13.6. The highest BCUT2D eigenvalue weighted by molar-refractivity contribution is 9.10. The van der Waals surface area contributed by atoms with E-state index in [4.69, 9.17) is 0 Å². The summed E-state index contributed by atoms with van der Waals surface area (Å²) in [7, 11) is 0. The van der Waals surface area contributed by atoms with Crippen molar-refractivity contribution in [1.82, 2.24) is 0 Å². The highest BCUT2D eigenvalue weighted by Crippen LogP contribution is 2.22. The molecule has 1 amide bonds. The lowest BCUT2D eigenvalue weighted by atomic mass is 10.2. The van der Waals surface area contributed by atoms with Crippen LogP contribution in [-0.2, 0) is 4.79 Å². The van der Waals surface area contributed by atoms with E-state index in [2.05, 4.69) is 26.6 Å². The predicted octanol–water partition coefficient (Wildman–Crippen LogP) is 4.61. The molecule has 2 N–H and O–H groups in total. The Kier molecular flexibility index (Phi) is 5.30. The molecule has 0 aliphatic heterocycles. The summed E-state index contributed by atoms with van der Waals surface area (Å²) in [6, 6.07) is 6.47. The second-order valence-corrected chi connectivity index (χ2v) is 5.90. The Hall–Kier alpha value is -2.02. The Morgan fingerprint density at radius 2 is 1.83 bits per heavy atom. The van der Waals surface area contributed by atoms with E-state index in [0.29, 0.717) is 5.69 Å². The summed E-state index contributed by atoms with van der Waals surface area (Å²) >= 11 is 3.37. The minimum Gasteiger partial charge on any atom is -0.374 e. The number of aryl methyl sites for hydroxylation is 1. The zero-order valence-electron chi connectivity index (χ0n) is 12.4. The van der Waals surface area contributed by atoms with Gasteiger partial charge >= 0.3 is 0 Å². The van der Waals surface area contributed by atoms with Crippen LogP contribution in [0.2, 0.25) is 0 Å². The number of carbonyl (C=O) groups is 1. The van der Waals surface area contributed by atoms with Crippen molar-refractivity contribution < 1.29 is 18.0 Å². The van der Waals surface area contributed by atoms with Gasteiger partial charge in [0.05, 0.1) is 5.69 Å². The summed E-state index contributed by atoms with van der Waals surface area (Å²) in [5.74, 6) is -4.93. The third-order valence-corrected chi connectivity index (χ3v) is 4.12. The molecule has 0 saturated carbocycles. The minimum absolute atomic E-state index is 0.408. The third kappa shape index (κ3) is 4.04. The maximum Gasteiger partial charge on any atom is 0.246 e. The fourth-order valence-electron chi connectivity index (χ4n) is 1.91. The SMILES string of the molecule is Cc1cc(N[C@H](C)C(=O)Nc2ccc(F)c(F)c2F)ccc1Br. The van der Waals surface area contributed by atoms with Crippen molar-refractivity contribution in [3.63, 3.8) is 0 Å². The van der Waals surface area contributed by atoms with Gasteiger partial charge in [0.1, 0.15) is 6.04 Å². The van der Waals surface area contributed by atoms with Gasteiger partial charge in [0.2, 0.25) is 5.91 Å². The van der Waals surface area contributed by atoms with Crippen molar-refractivity contribution in [3.05, 3.63) is 57.8 Å². The summed E-state index contributed by atoms with van der Waals surface area (Å²) in [6.07, 6.45) is 0. The number of anilines is 2. The molecule has 1 atom stereocenters. The number of rotatable bonds is 4. The number of benzene rings is 2. The van der Waals surface area contributed by atoms with Crippen LogP contribution in [0.25, 0.3) is 0 Å². The number of nitrogens with one attached hydrogen (secondary N) is 2. The summed E-state index contributed by atoms with van der Waals surface area (Å²) in [6.45, 7) is 3.47. The standard InChI is InChI=1S/C16H14BrF3N2O/c1-8-7-10(3-4-11(8)17)21-9(2)16(23)22-13-6-5-12(18)14(19)15(13)20/h3-7,9,21H,1-2H3,(H,22,23)/t9-/m1/s1. The van der Waals surface area contributed by atoms with Crippen LogP contribution in [0.4, 0.5) is 24.5 Å². The van der Waals surface area contributed by atoms with Gasteiger partial charge in [-0.3, -0.25) is 4.79 Å². The molecule has 0 aliphatic carbocycles. The van der Waals surface area contributed by atoms with Gasteiger partial charge in [-0.2, -0.15) is 0 Å². The van der Waals surface area contributed by atoms with Gasteiger partial charge in [-0.05, 0) is 49.7 Å². The van der Waals surface area contributed by atoms with Crippen molar-refractivity contribution in [2.75, 3.05) is 10.6 Å². The quantitative estimate of drug-likeness (QED) is 0.753. The molecule has 0 radical (unpaired) electrons. The van der Waals surface area contributed by atoms with E-state index in [-0.39, 0.29) is 0 Å². The molecule has 0 aliphatic rings. The van der Waals surface area contributed by atoms with Crippen molar-refractivity contribution in [2.45, 2.75) is 19.9 Å². The Balaban J connectivity index is 2.08. The van der Waals surface area contributed by atoms with E-state index < -0.39 is 35.1 Å². The van der Waals surface area contributed by atoms with Crippen LogP contribution < -0.4 is 10.6 Å². The van der Waals surface area contributed by atoms with E-state index in [1.807, 2.05) is 19.1 Å². The topological polar surface area (TPSA) is 41.1 Å². The zero-order valence-corrected chi connectivity index (χ0v) is 14.0. The minimum atomic E-state index is -1.62. The second-order valence-electron chi connectivity index (χ2n) is 5.04. The number of amides is 1. The second kappa shape index (κ2) is 7.04. The first-order chi connectivity index (χ1) is 10.8. The Morgan fingerprint density at radius 1 is 1.13 bits per heavy atom. The van der Waals surface area contributed by atoms with Gasteiger partial charge in [0.25, 0.3) is 0 Å². The van der Waals surface area contributed by atoms with Crippen LogP contribution in [0.5, 0.6) is 0 Å². The van der Waals surface area contributed by atoms with Crippen LogP contribution in [0.15, 0.2) is 34.8 Å². The molecular weight excluding hydrogens is 373 g/mol. The molecule has 0 fully saturated rings. The lowest BCUT2D eigenvalue weighted by Crippen LogP contribution is -2.32. The number of carbonyl (C=O) groups excluding carboxylic acids is 1. The van der Waals surface area contributed by atoms with E-state index in [1.54, 1.807) is 13.0 Å². The fraction of sp³-hybridized carbons (Fsp3) is 0.188. The van der Waals surface area contributed by atoms with E-state index in [1.165, 1.54) is 0 Å². The number of hydrogen-bond acceptors (Lipinski definition) is 2. The average Bonchev–Trinajstić information content (AvgIpc) is 2.51. The first-order valence-corrected chi connectivity index (χ1v) is 7.56. The molecule has 0 saturated heterocycles. The van der Waals surface area contributed by atoms with E-state index in [9.17, 15) is 18.0 Å². The van der Waals surface area contributed by atoms with Gasteiger partial charge in [0, 0.05) is 10.2 Å². The van der Waals surface area contributed by atoms with Crippen molar-refractivity contribution >= 4 is 33.2 Å². The first-order valence-electron chi connectivity index (χ1n) is 6.76. The van der Waals surface area contributed by atoms with Crippen molar-refractivity contribution in [3.8, 4) is 0 Å². The molecule has 3 nitrogen and oxygen atoms in total. The molecule has 0 aromatic heterocycles. The van der Waals surface area contributed by atoms with Gasteiger partial charge in [-0.15, -0.1) is 0 Å². The predicted molar refractivity (Wildman–Crippen MR) is 86.9 cm³/mol. The molecule has 2 aromatic carbocycles.